The maximum Gasteiger partial charge on any atom is 0.193 e. The number of aromatic nitrogens is 1. The number of thiazole rings is 1. The summed E-state index contributed by atoms with van der Waals surface area (Å²) in [6, 6.07) is 0. The number of hydrogen-bond acceptors (Lipinski definition) is 3. The fourth-order valence-electron chi connectivity index (χ4n) is 2.09. The molecular weight excluding hydrogens is 371 g/mol. The predicted octanol–water partition coefficient (Wildman–Crippen LogP) is 2.73. The van der Waals surface area contributed by atoms with Crippen LogP contribution in [0.25, 0.3) is 0 Å². The van der Waals surface area contributed by atoms with Crippen molar-refractivity contribution in [3.8, 4) is 0 Å². The van der Waals surface area contributed by atoms with Crippen molar-refractivity contribution in [3.63, 3.8) is 0 Å². The monoisotopic (exact) mass is 394 g/mol. The molecule has 6 heteroatoms. The van der Waals surface area contributed by atoms with E-state index in [1.807, 2.05) is 14.0 Å². The Labute approximate surface area is 136 Å². The first kappa shape index (κ1) is 16.7. The summed E-state index contributed by atoms with van der Waals surface area (Å²) in [6.07, 6.45) is 1.35. The second kappa shape index (κ2) is 7.42. The van der Waals surface area contributed by atoms with Crippen molar-refractivity contribution in [1.82, 2.24) is 15.2 Å². The van der Waals surface area contributed by atoms with E-state index >= 15 is 0 Å². The summed E-state index contributed by atoms with van der Waals surface area (Å²) in [5.74, 6) is 2.67. The molecule has 1 fully saturated rings. The number of aryl methyl sites for hydroxylation is 1. The van der Waals surface area contributed by atoms with Gasteiger partial charge in [0.05, 0.1) is 17.2 Å². The van der Waals surface area contributed by atoms with Crippen LogP contribution in [0.3, 0.4) is 0 Å². The van der Waals surface area contributed by atoms with Gasteiger partial charge in [0.15, 0.2) is 5.96 Å². The van der Waals surface area contributed by atoms with Gasteiger partial charge in [0.1, 0.15) is 0 Å². The average Bonchev–Trinajstić information content (AvgIpc) is 2.87. The lowest BCUT2D eigenvalue weighted by atomic mass is 10.3. The number of guanidine groups is 1. The van der Waals surface area contributed by atoms with Crippen LogP contribution in [-0.2, 0) is 6.54 Å². The van der Waals surface area contributed by atoms with E-state index in [1.54, 1.807) is 11.3 Å². The van der Waals surface area contributed by atoms with Gasteiger partial charge in [-0.05, 0) is 25.2 Å². The van der Waals surface area contributed by atoms with Crippen LogP contribution in [0.2, 0.25) is 0 Å². The highest BCUT2D eigenvalue weighted by Gasteiger charge is 2.32. The number of aliphatic imine (C=N–C) groups is 1. The minimum Gasteiger partial charge on any atom is -0.356 e. The van der Waals surface area contributed by atoms with Crippen molar-refractivity contribution in [1.29, 1.82) is 0 Å². The summed E-state index contributed by atoms with van der Waals surface area (Å²) >= 11 is 1.70. The van der Waals surface area contributed by atoms with Crippen LogP contribution in [0.4, 0.5) is 0 Å². The molecule has 1 aromatic rings. The summed E-state index contributed by atoms with van der Waals surface area (Å²) in [6.45, 7) is 6.19. The summed E-state index contributed by atoms with van der Waals surface area (Å²) in [7, 11) is 3.89. The Hall–Kier alpha value is -0.370. The Kier molecular flexibility index (Phi) is 6.52. The standard InChI is InChI=1S/C13H22N4S.HI/c1-9-5-11(9)6-15-13(14-3)17(4)7-12-8-18-10(2)16-12;/h8-9,11H,5-7H2,1-4H3,(H,14,15);1H. The van der Waals surface area contributed by atoms with Crippen LogP contribution in [0.15, 0.2) is 10.4 Å². The third kappa shape index (κ3) is 4.91. The van der Waals surface area contributed by atoms with Crippen LogP contribution in [-0.4, -0.2) is 36.5 Å². The third-order valence-electron chi connectivity index (χ3n) is 3.44. The lowest BCUT2D eigenvalue weighted by molar-refractivity contribution is 0.467. The highest BCUT2D eigenvalue weighted by molar-refractivity contribution is 14.0. The Morgan fingerprint density at radius 1 is 1.63 bits per heavy atom. The Morgan fingerprint density at radius 2 is 2.32 bits per heavy atom. The van der Waals surface area contributed by atoms with Gasteiger partial charge in [0.25, 0.3) is 0 Å². The molecule has 0 saturated heterocycles. The number of halogens is 1. The van der Waals surface area contributed by atoms with Crippen LogP contribution < -0.4 is 5.32 Å². The maximum atomic E-state index is 4.48. The molecular formula is C13H23IN4S. The molecule has 19 heavy (non-hydrogen) atoms. The van der Waals surface area contributed by atoms with Gasteiger partial charge < -0.3 is 10.2 Å². The van der Waals surface area contributed by atoms with E-state index in [4.69, 9.17) is 0 Å². The molecule has 1 saturated carbocycles. The molecule has 0 bridgehead atoms. The van der Waals surface area contributed by atoms with Crippen LogP contribution in [0, 0.1) is 18.8 Å². The lowest BCUT2D eigenvalue weighted by Crippen LogP contribution is -2.39. The Balaban J connectivity index is 0.00000180. The van der Waals surface area contributed by atoms with Gasteiger partial charge in [-0.3, -0.25) is 4.99 Å². The molecule has 0 amide bonds. The molecule has 1 aliphatic carbocycles. The lowest BCUT2D eigenvalue weighted by Gasteiger charge is -2.21. The molecule has 2 unspecified atom stereocenters. The zero-order valence-electron chi connectivity index (χ0n) is 12.0. The molecule has 2 atom stereocenters. The van der Waals surface area contributed by atoms with Gasteiger partial charge >= 0.3 is 0 Å². The topological polar surface area (TPSA) is 40.5 Å². The second-order valence-electron chi connectivity index (χ2n) is 5.12. The van der Waals surface area contributed by atoms with Crippen molar-refractivity contribution in [2.24, 2.45) is 16.8 Å². The molecule has 0 aromatic carbocycles. The number of nitrogens with one attached hydrogen (secondary N) is 1. The van der Waals surface area contributed by atoms with Gasteiger partial charge in [-0.1, -0.05) is 6.92 Å². The van der Waals surface area contributed by atoms with E-state index in [0.717, 1.165) is 41.6 Å². The zero-order valence-corrected chi connectivity index (χ0v) is 15.2. The van der Waals surface area contributed by atoms with Crippen LogP contribution in [0.1, 0.15) is 24.0 Å². The normalized spacial score (nSPS) is 21.8. The SMILES string of the molecule is CN=C(NCC1CC1C)N(C)Cc1csc(C)n1.I. The molecule has 1 heterocycles. The minimum atomic E-state index is 0. The van der Waals surface area contributed by atoms with E-state index < -0.39 is 0 Å². The number of rotatable bonds is 4. The first-order valence-electron chi connectivity index (χ1n) is 6.43. The van der Waals surface area contributed by atoms with Gasteiger partial charge in [-0.15, -0.1) is 35.3 Å². The Morgan fingerprint density at radius 3 is 2.79 bits per heavy atom. The summed E-state index contributed by atoms with van der Waals surface area (Å²) < 4.78 is 0. The van der Waals surface area contributed by atoms with Crippen molar-refractivity contribution in [2.75, 3.05) is 20.6 Å². The predicted molar refractivity (Wildman–Crippen MR) is 92.4 cm³/mol. The average molecular weight is 394 g/mol. The molecule has 0 radical (unpaired) electrons. The number of hydrogen-bond donors (Lipinski definition) is 1. The van der Waals surface area contributed by atoms with Gasteiger partial charge in [-0.2, -0.15) is 0 Å². The van der Waals surface area contributed by atoms with E-state index in [0.29, 0.717) is 0 Å². The zero-order chi connectivity index (χ0) is 13.1. The van der Waals surface area contributed by atoms with E-state index in [-0.39, 0.29) is 24.0 Å². The van der Waals surface area contributed by atoms with E-state index in [9.17, 15) is 0 Å². The molecule has 0 aliphatic heterocycles. The molecule has 1 N–H and O–H groups in total. The Bertz CT molecular complexity index is 432. The molecule has 4 nitrogen and oxygen atoms in total. The van der Waals surface area contributed by atoms with Gasteiger partial charge in [0.2, 0.25) is 0 Å². The molecule has 0 spiro atoms. The van der Waals surface area contributed by atoms with Crippen LogP contribution >= 0.6 is 35.3 Å². The molecule has 1 aromatic heterocycles. The van der Waals surface area contributed by atoms with Crippen molar-refractivity contribution in [2.45, 2.75) is 26.8 Å². The first-order chi connectivity index (χ1) is 8.60. The summed E-state index contributed by atoms with van der Waals surface area (Å²) in [5, 5.41) is 6.67. The minimum absolute atomic E-state index is 0. The quantitative estimate of drug-likeness (QED) is 0.485. The highest BCUT2D eigenvalue weighted by Crippen LogP contribution is 2.36. The fourth-order valence-corrected chi connectivity index (χ4v) is 2.69. The van der Waals surface area contributed by atoms with Crippen molar-refractivity contribution in [3.05, 3.63) is 16.1 Å². The van der Waals surface area contributed by atoms with Gasteiger partial charge in [0, 0.05) is 26.0 Å². The third-order valence-corrected chi connectivity index (χ3v) is 4.26. The second-order valence-corrected chi connectivity index (χ2v) is 6.18. The largest absolute Gasteiger partial charge is 0.356 e. The molecule has 108 valence electrons. The summed E-state index contributed by atoms with van der Waals surface area (Å²) in [5.41, 5.74) is 1.11. The smallest absolute Gasteiger partial charge is 0.193 e. The number of nitrogens with zero attached hydrogens (tertiary/aromatic N) is 3. The molecule has 2 rings (SSSR count). The van der Waals surface area contributed by atoms with Crippen LogP contribution in [0.5, 0.6) is 0 Å². The van der Waals surface area contributed by atoms with E-state index in [2.05, 4.69) is 39.5 Å². The fraction of sp³-hybridized carbons (Fsp3) is 0.692. The van der Waals surface area contributed by atoms with Crippen molar-refractivity contribution < 1.29 is 0 Å². The van der Waals surface area contributed by atoms with Crippen molar-refractivity contribution >= 4 is 41.3 Å². The first-order valence-corrected chi connectivity index (χ1v) is 7.31. The van der Waals surface area contributed by atoms with E-state index in [1.165, 1.54) is 6.42 Å². The maximum absolute atomic E-state index is 4.48. The molecule has 1 aliphatic rings. The highest BCUT2D eigenvalue weighted by atomic mass is 127. The summed E-state index contributed by atoms with van der Waals surface area (Å²) in [4.78, 5) is 10.9. The van der Waals surface area contributed by atoms with Gasteiger partial charge in [-0.25, -0.2) is 4.98 Å².